The quantitative estimate of drug-likeness (QED) is 0.123. The first-order valence-electron chi connectivity index (χ1n) is 16.6. The summed E-state index contributed by atoms with van der Waals surface area (Å²) in [5.74, 6) is -2.53. The van der Waals surface area contributed by atoms with Crippen molar-refractivity contribution >= 4 is 40.8 Å². The highest BCUT2D eigenvalue weighted by Crippen LogP contribution is 2.45. The zero-order valence-corrected chi connectivity index (χ0v) is 27.1. The molecule has 3 fully saturated rings. The Hall–Kier alpha value is -5.48. The summed E-state index contributed by atoms with van der Waals surface area (Å²) >= 11 is 0. The minimum atomic E-state index is -4.85. The number of nitrogens with two attached hydrogens (primary N) is 1. The first kappa shape index (κ1) is 34.0. The Morgan fingerprint density at radius 2 is 1.76 bits per heavy atom. The van der Waals surface area contributed by atoms with Crippen LogP contribution < -0.4 is 26.4 Å². The minimum Gasteiger partial charge on any atom is -0.406 e. The van der Waals surface area contributed by atoms with Gasteiger partial charge in [0.2, 0.25) is 17.8 Å². The molecule has 3 aliphatic carbocycles. The van der Waals surface area contributed by atoms with Gasteiger partial charge >= 0.3 is 6.36 Å². The molecule has 7 rings (SSSR count). The van der Waals surface area contributed by atoms with Gasteiger partial charge in [-0.3, -0.25) is 19.2 Å². The molecule has 17 heteroatoms. The zero-order chi connectivity index (χ0) is 36.0. The number of alkyl halides is 3. The van der Waals surface area contributed by atoms with E-state index in [1.165, 1.54) is 12.1 Å². The number of rotatable bonds is 12. The molecule has 3 aromatic rings. The molecule has 3 atom stereocenters. The molecule has 0 radical (unpaired) electrons. The fourth-order valence-electron chi connectivity index (χ4n) is 6.98. The van der Waals surface area contributed by atoms with Crippen LogP contribution in [0.1, 0.15) is 58.1 Å². The number of carbonyl (C=O) groups is 4. The largest absolute Gasteiger partial charge is 0.573 e. The van der Waals surface area contributed by atoms with Gasteiger partial charge in [0, 0.05) is 31.5 Å². The number of pyridine rings is 1. The molecule has 2 bridgehead atoms. The van der Waals surface area contributed by atoms with Crippen LogP contribution in [-0.4, -0.2) is 69.3 Å². The number of nitrogens with zero attached hydrogens (tertiary/aromatic N) is 4. The van der Waals surface area contributed by atoms with Gasteiger partial charge in [-0.25, -0.2) is 9.67 Å². The van der Waals surface area contributed by atoms with Crippen molar-refractivity contribution in [3.05, 3.63) is 71.4 Å². The van der Waals surface area contributed by atoms with Gasteiger partial charge in [0.1, 0.15) is 17.1 Å². The van der Waals surface area contributed by atoms with Crippen molar-refractivity contribution in [2.24, 2.45) is 29.4 Å². The lowest BCUT2D eigenvalue weighted by molar-refractivity contribution is -0.274. The van der Waals surface area contributed by atoms with E-state index in [1.54, 1.807) is 4.68 Å². The molecule has 5 N–H and O–H groups in total. The van der Waals surface area contributed by atoms with Gasteiger partial charge in [-0.2, -0.15) is 9.49 Å². The van der Waals surface area contributed by atoms with E-state index in [0.29, 0.717) is 37.0 Å². The monoisotopic (exact) mass is 710 g/mol. The van der Waals surface area contributed by atoms with Crippen LogP contribution in [0.25, 0.3) is 0 Å². The van der Waals surface area contributed by atoms with E-state index in [2.05, 4.69) is 42.9 Å². The second-order valence-electron chi connectivity index (χ2n) is 13.4. The van der Waals surface area contributed by atoms with Crippen LogP contribution in [-0.2, 0) is 16.0 Å². The molecule has 51 heavy (non-hydrogen) atoms. The van der Waals surface area contributed by atoms with Gasteiger partial charge in [0.05, 0.1) is 30.0 Å². The van der Waals surface area contributed by atoms with E-state index in [9.17, 15) is 36.7 Å². The molecule has 3 unspecified atom stereocenters. The number of amides is 4. The number of hydrogen-bond donors (Lipinski definition) is 4. The maximum absolute atomic E-state index is 14.8. The average molecular weight is 711 g/mol. The molecule has 4 aliphatic rings. The summed E-state index contributed by atoms with van der Waals surface area (Å²) in [6.07, 6.45) is 3.77. The van der Waals surface area contributed by atoms with Crippen molar-refractivity contribution in [2.75, 3.05) is 35.6 Å². The van der Waals surface area contributed by atoms with E-state index < -0.39 is 41.5 Å². The summed E-state index contributed by atoms with van der Waals surface area (Å²) in [7, 11) is 0. The molecule has 2 saturated carbocycles. The number of nitrogens with one attached hydrogen (secondary N) is 3. The summed E-state index contributed by atoms with van der Waals surface area (Å²) in [6.45, 7) is 1.55. The molecule has 4 amide bonds. The highest BCUT2D eigenvalue weighted by Gasteiger charge is 2.44. The topological polar surface area (TPSA) is 174 Å². The summed E-state index contributed by atoms with van der Waals surface area (Å²) < 4.78 is 57.4. The SMILES string of the molecule is NC(=O)c1c(C(=O)Nc2cc(NC(=O)Cc3ccc(OC(F)(F)F)cc3)cnc2F)nn(C2CC2)c1NCC1CN(C(=O)C2CC3C=CC2C3)C1. The molecular formula is C34H34F4N8O5. The van der Waals surface area contributed by atoms with Crippen molar-refractivity contribution in [3.63, 3.8) is 0 Å². The lowest BCUT2D eigenvalue weighted by Crippen LogP contribution is -2.54. The third kappa shape index (κ3) is 7.51. The number of allylic oxidation sites excluding steroid dienone is 2. The predicted octanol–water partition coefficient (Wildman–Crippen LogP) is 4.27. The van der Waals surface area contributed by atoms with E-state index in [0.717, 1.165) is 50.1 Å². The van der Waals surface area contributed by atoms with Crippen LogP contribution in [0.2, 0.25) is 0 Å². The lowest BCUT2D eigenvalue weighted by Gasteiger charge is -2.41. The Morgan fingerprint density at radius 3 is 2.39 bits per heavy atom. The summed E-state index contributed by atoms with van der Waals surface area (Å²) in [5.41, 5.74) is 5.23. The zero-order valence-electron chi connectivity index (χ0n) is 27.1. The molecule has 1 saturated heterocycles. The fourth-order valence-corrected chi connectivity index (χ4v) is 6.98. The first-order chi connectivity index (χ1) is 24.3. The van der Waals surface area contributed by atoms with Gasteiger partial charge in [-0.1, -0.05) is 24.3 Å². The van der Waals surface area contributed by atoms with Crippen LogP contribution in [0.15, 0.2) is 48.7 Å². The highest BCUT2D eigenvalue weighted by molar-refractivity contribution is 6.13. The van der Waals surface area contributed by atoms with Crippen molar-refractivity contribution in [3.8, 4) is 5.75 Å². The van der Waals surface area contributed by atoms with E-state index in [4.69, 9.17) is 5.73 Å². The molecule has 0 spiro atoms. The summed E-state index contributed by atoms with van der Waals surface area (Å²) in [5, 5.41) is 12.5. The molecule has 1 aromatic carbocycles. The van der Waals surface area contributed by atoms with Gasteiger partial charge in [0.25, 0.3) is 11.8 Å². The van der Waals surface area contributed by atoms with E-state index >= 15 is 0 Å². The molecule has 3 heterocycles. The number of fused-ring (bicyclic) bond motifs is 2. The number of likely N-dealkylation sites (tertiary alicyclic amines) is 1. The number of halogens is 4. The summed E-state index contributed by atoms with van der Waals surface area (Å²) in [4.78, 5) is 57.3. The van der Waals surface area contributed by atoms with Crippen LogP contribution in [0.5, 0.6) is 5.75 Å². The maximum atomic E-state index is 14.8. The van der Waals surface area contributed by atoms with Crippen LogP contribution in [0.4, 0.5) is 34.8 Å². The number of primary amides is 1. The minimum absolute atomic E-state index is 0.0136. The van der Waals surface area contributed by atoms with Crippen molar-refractivity contribution in [1.82, 2.24) is 19.7 Å². The number of hydrogen-bond acceptors (Lipinski definition) is 8. The number of ether oxygens (including phenoxy) is 1. The number of anilines is 3. The van der Waals surface area contributed by atoms with E-state index in [-0.39, 0.29) is 53.0 Å². The first-order valence-corrected chi connectivity index (χ1v) is 16.6. The van der Waals surface area contributed by atoms with Crippen molar-refractivity contribution in [1.29, 1.82) is 0 Å². The molecule has 13 nitrogen and oxygen atoms in total. The number of aromatic nitrogens is 3. The predicted molar refractivity (Wildman–Crippen MR) is 174 cm³/mol. The average Bonchev–Trinajstić information content (AvgIpc) is 3.47. The summed E-state index contributed by atoms with van der Waals surface area (Å²) in [6, 6.07) is 5.76. The van der Waals surface area contributed by atoms with Crippen LogP contribution in [0.3, 0.4) is 0 Å². The van der Waals surface area contributed by atoms with Gasteiger partial charge in [-0.15, -0.1) is 13.2 Å². The van der Waals surface area contributed by atoms with Gasteiger partial charge in [-0.05, 0) is 61.3 Å². The van der Waals surface area contributed by atoms with Crippen LogP contribution in [0, 0.1) is 29.6 Å². The molecule has 2 aromatic heterocycles. The van der Waals surface area contributed by atoms with Crippen LogP contribution >= 0.6 is 0 Å². The third-order valence-electron chi connectivity index (χ3n) is 9.58. The molecular weight excluding hydrogens is 676 g/mol. The number of benzene rings is 1. The smallest absolute Gasteiger partial charge is 0.406 e. The van der Waals surface area contributed by atoms with Crippen molar-refractivity contribution < 1.29 is 41.5 Å². The van der Waals surface area contributed by atoms with E-state index in [1.807, 2.05) is 4.90 Å². The standard InChI is InChI=1S/C34H34F4N8O5/c35-29-25(12-21(14-40-29)42-26(47)11-17-2-7-23(8-3-17)51-34(36,37)38)43-32(49)28-27(30(39)48)31(46(44-28)22-5-6-22)41-13-19-15-45(16-19)33(50)24-10-18-1-4-20(24)9-18/h1-4,7-8,12,14,18-20,22,24,41H,5-6,9-11,13,15-16H2,(H2,39,48)(H,42,47)(H,43,49). The van der Waals surface area contributed by atoms with Crippen molar-refractivity contribution in [2.45, 2.75) is 44.5 Å². The third-order valence-corrected chi connectivity index (χ3v) is 9.58. The lowest BCUT2D eigenvalue weighted by atomic mass is 9.89. The Labute approximate surface area is 288 Å². The normalized spacial score (nSPS) is 20.9. The molecule has 268 valence electrons. The maximum Gasteiger partial charge on any atom is 0.573 e. The van der Waals surface area contributed by atoms with Gasteiger partial charge in [0.15, 0.2) is 5.69 Å². The fraction of sp³-hybridized carbons (Fsp3) is 0.412. The number of carbonyl (C=O) groups excluding carboxylic acids is 4. The van der Waals surface area contributed by atoms with Gasteiger partial charge < -0.3 is 31.3 Å². The second-order valence-corrected chi connectivity index (χ2v) is 13.4. The highest BCUT2D eigenvalue weighted by atomic mass is 19.4. The Bertz CT molecular complexity index is 1900. The second kappa shape index (κ2) is 13.3. The Kier molecular flexibility index (Phi) is 8.89. The Morgan fingerprint density at radius 1 is 1.02 bits per heavy atom. The molecule has 1 aliphatic heterocycles. The Balaban J connectivity index is 0.989.